The molecule has 0 aromatic heterocycles. The van der Waals surface area contributed by atoms with Gasteiger partial charge in [0.25, 0.3) is 0 Å². The van der Waals surface area contributed by atoms with Gasteiger partial charge in [0, 0.05) is 18.2 Å². The molecule has 0 unspecified atom stereocenters. The molecule has 1 heteroatoms. The van der Waals surface area contributed by atoms with Crippen LogP contribution >= 0.6 is 0 Å². The summed E-state index contributed by atoms with van der Waals surface area (Å²) in [4.78, 5) is 4.84. The van der Waals surface area contributed by atoms with E-state index in [2.05, 4.69) is 267 Å². The summed E-state index contributed by atoms with van der Waals surface area (Å²) < 4.78 is 0. The number of benzene rings is 5. The number of hydrogen-bond donors (Lipinski definition) is 0. The number of hydrogen-bond acceptors (Lipinski definition) is 1. The molecule has 0 atom stereocenters. The molecule has 13 rings (SSSR count). The van der Waals surface area contributed by atoms with E-state index in [1.54, 1.807) is 0 Å². The van der Waals surface area contributed by atoms with Gasteiger partial charge in [0.15, 0.2) is 0 Å². The third-order valence-electron chi connectivity index (χ3n) is 13.1. The summed E-state index contributed by atoms with van der Waals surface area (Å²) in [5.74, 6) is 0. The largest absolute Gasteiger partial charge is 0.261 e. The number of aliphatic imine (C=N–C) groups is 1. The lowest BCUT2D eigenvalue weighted by Gasteiger charge is -2.15. The maximum Gasteiger partial charge on any atom is 0.0526 e. The molecule has 69 heavy (non-hydrogen) atoms. The molecule has 0 radical (unpaired) electrons. The highest BCUT2D eigenvalue weighted by Gasteiger charge is 2.35. The molecule has 0 saturated carbocycles. The highest BCUT2D eigenvalue weighted by atomic mass is 14.7. The Kier molecular flexibility index (Phi) is 12.5. The van der Waals surface area contributed by atoms with Gasteiger partial charge in [-0.3, -0.25) is 4.99 Å². The minimum absolute atomic E-state index is 0.847. The van der Waals surface area contributed by atoms with Crippen molar-refractivity contribution >= 4 is 34.6 Å². The Bertz CT molecular complexity index is 3290. The van der Waals surface area contributed by atoms with E-state index in [1.165, 1.54) is 106 Å². The van der Waals surface area contributed by atoms with Crippen molar-refractivity contribution in [2.24, 2.45) is 4.99 Å². The zero-order chi connectivity index (χ0) is 46.2. The standard InChI is InChI=1S/C32H23N.C25H18.C11H10/c1-4-13-23(14-5-1)28-29(24-15-6-2-7-16-24)31(26-19-10-11-20-26)32(27-21-12-22-33-27)30(28)25-17-8-3-9-18-25;1-2-6-18(5-1)13-20-9-11-22-17-23-12-10-21(14-19-7-3-4-8-19)16-25(23)24(22)15-20;1-2-6-10(5-1)9-11-7-3-4-8-11/h1-20,22H,21H2;1-16H,17H2;1-7,9H,8H2. The molecular weight excluding hydrogens is 831 g/mol. The van der Waals surface area contributed by atoms with E-state index in [1.807, 2.05) is 6.20 Å². The van der Waals surface area contributed by atoms with Gasteiger partial charge in [-0.2, -0.15) is 0 Å². The van der Waals surface area contributed by atoms with Crippen LogP contribution in [0.2, 0.25) is 0 Å². The monoisotopic (exact) mass is 881 g/mol. The lowest BCUT2D eigenvalue weighted by atomic mass is 9.88. The van der Waals surface area contributed by atoms with Crippen LogP contribution in [0, 0.1) is 0 Å². The Labute approximate surface area is 407 Å². The highest BCUT2D eigenvalue weighted by molar-refractivity contribution is 6.34. The molecule has 1 aliphatic heterocycles. The molecule has 7 aliphatic carbocycles. The van der Waals surface area contributed by atoms with Gasteiger partial charge in [0.1, 0.15) is 0 Å². The van der Waals surface area contributed by atoms with Crippen LogP contribution in [0.15, 0.2) is 305 Å². The number of rotatable bonds is 7. The molecular formula is C68H51N. The topological polar surface area (TPSA) is 12.4 Å². The SMILES string of the molecule is C1=CC(=C2C(C3=NC=CC3)=C(c3ccccc3)C(c3ccccc3)=C2c2ccccc2)C=C1.C1=CC(=Cc2ccc3c(c2)-c2cc(C=C4C=CC=C4)ccc2C3)C=C1.C1=CCC(C=C2C=CC=C2)=C1. The number of allylic oxidation sites excluding steroid dienone is 31. The van der Waals surface area contributed by atoms with Crippen molar-refractivity contribution in [1.82, 2.24) is 0 Å². The van der Waals surface area contributed by atoms with Crippen molar-refractivity contribution in [2.45, 2.75) is 19.3 Å². The smallest absolute Gasteiger partial charge is 0.0526 e. The first kappa shape index (κ1) is 43.0. The third-order valence-corrected chi connectivity index (χ3v) is 13.1. The Morgan fingerprint density at radius 1 is 0.377 bits per heavy atom. The quantitative estimate of drug-likeness (QED) is 0.151. The highest BCUT2D eigenvalue weighted by Crippen LogP contribution is 2.53. The van der Waals surface area contributed by atoms with E-state index in [0.29, 0.717) is 0 Å². The van der Waals surface area contributed by atoms with Gasteiger partial charge < -0.3 is 0 Å². The molecule has 0 saturated heterocycles. The zero-order valence-electron chi connectivity index (χ0n) is 38.5. The predicted molar refractivity (Wildman–Crippen MR) is 295 cm³/mol. The van der Waals surface area contributed by atoms with Gasteiger partial charge in [-0.25, -0.2) is 0 Å². The summed E-state index contributed by atoms with van der Waals surface area (Å²) in [5, 5.41) is 0. The van der Waals surface area contributed by atoms with Crippen molar-refractivity contribution in [3.63, 3.8) is 0 Å². The maximum absolute atomic E-state index is 4.84. The van der Waals surface area contributed by atoms with Crippen LogP contribution in [-0.4, -0.2) is 5.71 Å². The van der Waals surface area contributed by atoms with E-state index >= 15 is 0 Å². The molecule has 0 amide bonds. The van der Waals surface area contributed by atoms with Gasteiger partial charge >= 0.3 is 0 Å². The first-order valence-electron chi connectivity index (χ1n) is 24.0. The van der Waals surface area contributed by atoms with E-state index in [-0.39, 0.29) is 0 Å². The lowest BCUT2D eigenvalue weighted by molar-refractivity contribution is 1.26. The molecule has 0 spiro atoms. The first-order chi connectivity index (χ1) is 34.2. The minimum Gasteiger partial charge on any atom is -0.261 e. The maximum atomic E-state index is 4.84. The molecule has 328 valence electrons. The molecule has 0 bridgehead atoms. The van der Waals surface area contributed by atoms with Crippen molar-refractivity contribution in [3.05, 3.63) is 339 Å². The van der Waals surface area contributed by atoms with Crippen molar-refractivity contribution < 1.29 is 0 Å². The fourth-order valence-corrected chi connectivity index (χ4v) is 9.96. The molecule has 1 nitrogen and oxygen atoms in total. The summed E-state index contributed by atoms with van der Waals surface area (Å²) in [6.07, 6.45) is 54.2. The number of nitrogens with zero attached hydrogens (tertiary/aromatic N) is 1. The fraction of sp³-hybridized carbons (Fsp3) is 0.0441. The van der Waals surface area contributed by atoms with Gasteiger partial charge in [0.2, 0.25) is 0 Å². The normalized spacial score (nSPS) is 17.0. The Morgan fingerprint density at radius 2 is 0.826 bits per heavy atom. The van der Waals surface area contributed by atoms with E-state index in [0.717, 1.165) is 25.0 Å². The van der Waals surface area contributed by atoms with E-state index < -0.39 is 0 Å². The predicted octanol–water partition coefficient (Wildman–Crippen LogP) is 17.0. The molecule has 8 aliphatic rings. The summed E-state index contributed by atoms with van der Waals surface area (Å²) >= 11 is 0. The Morgan fingerprint density at radius 3 is 1.28 bits per heavy atom. The molecule has 1 heterocycles. The molecule has 0 N–H and O–H groups in total. The van der Waals surface area contributed by atoms with Crippen LogP contribution in [0.3, 0.4) is 0 Å². The molecule has 5 aromatic rings. The summed E-state index contributed by atoms with van der Waals surface area (Å²) in [5.41, 5.74) is 25.7. The minimum atomic E-state index is 0.847. The second-order valence-corrected chi connectivity index (χ2v) is 17.8. The number of fused-ring (bicyclic) bond motifs is 3. The van der Waals surface area contributed by atoms with Gasteiger partial charge in [-0.05, 0) is 137 Å². The van der Waals surface area contributed by atoms with Crippen molar-refractivity contribution in [3.8, 4) is 11.1 Å². The summed E-state index contributed by atoms with van der Waals surface area (Å²) in [6.45, 7) is 0. The van der Waals surface area contributed by atoms with Crippen LogP contribution in [0.25, 0.3) is 40.0 Å². The van der Waals surface area contributed by atoms with Crippen LogP contribution in [0.5, 0.6) is 0 Å². The molecule has 5 aromatic carbocycles. The Hall–Kier alpha value is -8.65. The summed E-state index contributed by atoms with van der Waals surface area (Å²) in [6, 6.07) is 46.0. The molecule has 0 fully saturated rings. The lowest BCUT2D eigenvalue weighted by Crippen LogP contribution is -2.05. The van der Waals surface area contributed by atoms with Crippen LogP contribution in [0.4, 0.5) is 0 Å². The van der Waals surface area contributed by atoms with Gasteiger partial charge in [-0.1, -0.05) is 243 Å². The van der Waals surface area contributed by atoms with Crippen molar-refractivity contribution in [1.29, 1.82) is 0 Å². The second kappa shape index (κ2) is 20.1. The fourth-order valence-electron chi connectivity index (χ4n) is 9.96. The van der Waals surface area contributed by atoms with Crippen LogP contribution in [0.1, 0.15) is 51.8 Å². The van der Waals surface area contributed by atoms with E-state index in [4.69, 9.17) is 4.99 Å². The summed E-state index contributed by atoms with van der Waals surface area (Å²) in [7, 11) is 0. The van der Waals surface area contributed by atoms with Gasteiger partial charge in [-0.15, -0.1) is 0 Å². The van der Waals surface area contributed by atoms with Crippen molar-refractivity contribution in [2.75, 3.05) is 0 Å². The average molecular weight is 882 g/mol. The first-order valence-corrected chi connectivity index (χ1v) is 24.0. The second-order valence-electron chi connectivity index (χ2n) is 17.8. The van der Waals surface area contributed by atoms with Crippen LogP contribution in [-0.2, 0) is 6.42 Å². The Balaban J connectivity index is 0.000000127. The zero-order valence-corrected chi connectivity index (χ0v) is 38.5. The van der Waals surface area contributed by atoms with Crippen LogP contribution < -0.4 is 0 Å². The van der Waals surface area contributed by atoms with Gasteiger partial charge in [0.05, 0.1) is 5.71 Å². The average Bonchev–Trinajstić information content (AvgIpc) is 4.25. The van der Waals surface area contributed by atoms with E-state index in [9.17, 15) is 0 Å². The third kappa shape index (κ3) is 9.50.